The number of benzene rings is 2. The number of hydrogen-bond donors (Lipinski definition) is 0. The molecule has 0 radical (unpaired) electrons. The van der Waals surface area contributed by atoms with Gasteiger partial charge in [0.25, 0.3) is 5.69 Å². The molecule has 8 heteroatoms. The molecule has 0 unspecified atom stereocenters. The number of ketones is 1. The monoisotopic (exact) mass is 453 g/mol. The summed E-state index contributed by atoms with van der Waals surface area (Å²) in [5.74, 6) is 1.25. The first kappa shape index (κ1) is 20.7. The van der Waals surface area contributed by atoms with E-state index in [0.717, 1.165) is 0 Å². The molecule has 31 heavy (non-hydrogen) atoms. The quantitative estimate of drug-likeness (QED) is 0.132. The second-order valence-corrected chi connectivity index (χ2v) is 7.34. The first-order chi connectivity index (χ1) is 14.9. The fourth-order valence-corrected chi connectivity index (χ4v) is 3.39. The molecule has 4 aromatic rings. The Morgan fingerprint density at radius 2 is 1.65 bits per heavy atom. The van der Waals surface area contributed by atoms with Gasteiger partial charge >= 0.3 is 0 Å². The van der Waals surface area contributed by atoms with Gasteiger partial charge in [0.15, 0.2) is 5.76 Å². The Morgan fingerprint density at radius 1 is 0.903 bits per heavy atom. The number of non-ortho nitro benzene ring substituents is 1. The molecule has 6 nitrogen and oxygen atoms in total. The van der Waals surface area contributed by atoms with E-state index in [1.807, 2.05) is 0 Å². The first-order valence-corrected chi connectivity index (χ1v) is 9.78. The van der Waals surface area contributed by atoms with Gasteiger partial charge in [0, 0.05) is 28.3 Å². The Morgan fingerprint density at radius 3 is 2.35 bits per heavy atom. The molecule has 0 aliphatic carbocycles. The SMILES string of the molecule is O=C(C=Cc1ccc(-c2ccc([N+](=O)[O-])cc2)o1)c1ccc(-c2ccc(Cl)cc2Cl)o1. The zero-order chi connectivity index (χ0) is 22.0. The molecule has 0 saturated heterocycles. The number of halogens is 2. The predicted molar refractivity (Wildman–Crippen MR) is 118 cm³/mol. The summed E-state index contributed by atoms with van der Waals surface area (Å²) in [7, 11) is 0. The minimum absolute atomic E-state index is 0.00118. The third-order valence-electron chi connectivity index (χ3n) is 4.43. The van der Waals surface area contributed by atoms with E-state index in [9.17, 15) is 14.9 Å². The summed E-state index contributed by atoms with van der Waals surface area (Å²) >= 11 is 12.1. The Labute approximate surface area is 186 Å². The average Bonchev–Trinajstić information content (AvgIpc) is 3.42. The molecule has 2 heterocycles. The fourth-order valence-electron chi connectivity index (χ4n) is 2.89. The molecule has 0 spiro atoms. The van der Waals surface area contributed by atoms with Crippen molar-refractivity contribution in [2.24, 2.45) is 0 Å². The number of carbonyl (C=O) groups excluding carboxylic acids is 1. The Bertz CT molecular complexity index is 1300. The lowest BCUT2D eigenvalue weighted by atomic mass is 10.1. The number of carbonyl (C=O) groups is 1. The van der Waals surface area contributed by atoms with E-state index in [4.69, 9.17) is 32.0 Å². The van der Waals surface area contributed by atoms with Crippen LogP contribution in [0.25, 0.3) is 28.7 Å². The van der Waals surface area contributed by atoms with Crippen LogP contribution >= 0.6 is 23.2 Å². The number of nitro benzene ring substituents is 1. The van der Waals surface area contributed by atoms with Crippen molar-refractivity contribution < 1.29 is 18.6 Å². The van der Waals surface area contributed by atoms with Crippen molar-refractivity contribution in [1.29, 1.82) is 0 Å². The van der Waals surface area contributed by atoms with E-state index in [0.29, 0.717) is 38.5 Å². The second-order valence-electron chi connectivity index (χ2n) is 6.49. The molecule has 2 aromatic heterocycles. The van der Waals surface area contributed by atoms with Crippen molar-refractivity contribution >= 4 is 40.7 Å². The molecule has 0 N–H and O–H groups in total. The normalized spacial score (nSPS) is 11.2. The van der Waals surface area contributed by atoms with Gasteiger partial charge in [-0.05, 0) is 66.7 Å². The molecule has 0 fully saturated rings. The highest BCUT2D eigenvalue weighted by atomic mass is 35.5. The lowest BCUT2D eigenvalue weighted by molar-refractivity contribution is -0.384. The molecule has 0 amide bonds. The highest BCUT2D eigenvalue weighted by molar-refractivity contribution is 6.36. The van der Waals surface area contributed by atoms with Crippen molar-refractivity contribution in [3.63, 3.8) is 0 Å². The first-order valence-electron chi connectivity index (χ1n) is 9.03. The lowest BCUT2D eigenvalue weighted by Gasteiger charge is -2.00. The molecule has 4 rings (SSSR count). The number of furan rings is 2. The topological polar surface area (TPSA) is 86.5 Å². The lowest BCUT2D eigenvalue weighted by Crippen LogP contribution is -1.90. The summed E-state index contributed by atoms with van der Waals surface area (Å²) in [6.07, 6.45) is 2.86. The van der Waals surface area contributed by atoms with Gasteiger partial charge in [-0.1, -0.05) is 23.2 Å². The van der Waals surface area contributed by atoms with Crippen LogP contribution in [0.15, 0.2) is 81.6 Å². The van der Waals surface area contributed by atoms with Crippen molar-refractivity contribution in [2.75, 3.05) is 0 Å². The standard InChI is InChI=1S/C23H13Cl2NO5/c24-15-3-8-18(19(25)13-15)22-11-12-23(31-22)20(27)9-6-17-7-10-21(30-17)14-1-4-16(5-2-14)26(28)29/h1-13H. The van der Waals surface area contributed by atoms with Gasteiger partial charge in [0.05, 0.1) is 9.95 Å². The Balaban J connectivity index is 1.48. The summed E-state index contributed by atoms with van der Waals surface area (Å²) in [5, 5.41) is 11.7. The molecule has 2 aromatic carbocycles. The predicted octanol–water partition coefficient (Wildman–Crippen LogP) is 7.32. The molecular weight excluding hydrogens is 441 g/mol. The van der Waals surface area contributed by atoms with Gasteiger partial charge in [-0.2, -0.15) is 0 Å². The van der Waals surface area contributed by atoms with E-state index >= 15 is 0 Å². The number of hydrogen-bond acceptors (Lipinski definition) is 5. The van der Waals surface area contributed by atoms with Crippen LogP contribution in [-0.4, -0.2) is 10.7 Å². The summed E-state index contributed by atoms with van der Waals surface area (Å²) in [5.41, 5.74) is 1.32. The van der Waals surface area contributed by atoms with Crippen LogP contribution in [0.5, 0.6) is 0 Å². The van der Waals surface area contributed by atoms with Crippen molar-refractivity contribution in [2.45, 2.75) is 0 Å². The zero-order valence-corrected chi connectivity index (χ0v) is 17.3. The number of allylic oxidation sites excluding steroid dienone is 1. The highest BCUT2D eigenvalue weighted by Gasteiger charge is 2.13. The number of nitro groups is 1. The van der Waals surface area contributed by atoms with Crippen LogP contribution in [0, 0.1) is 10.1 Å². The molecule has 154 valence electrons. The third-order valence-corrected chi connectivity index (χ3v) is 4.98. The summed E-state index contributed by atoms with van der Waals surface area (Å²) in [6, 6.07) is 17.7. The molecule has 0 atom stereocenters. The van der Waals surface area contributed by atoms with E-state index in [-0.39, 0.29) is 17.2 Å². The minimum Gasteiger partial charge on any atom is -0.457 e. The van der Waals surface area contributed by atoms with Gasteiger partial charge < -0.3 is 8.83 Å². The minimum atomic E-state index is -0.466. The second kappa shape index (κ2) is 8.63. The number of nitrogens with zero attached hydrogens (tertiary/aromatic N) is 1. The Hall–Kier alpha value is -3.61. The van der Waals surface area contributed by atoms with Crippen LogP contribution in [0.2, 0.25) is 10.0 Å². The van der Waals surface area contributed by atoms with Crippen LogP contribution in [0.1, 0.15) is 16.3 Å². The fraction of sp³-hybridized carbons (Fsp3) is 0. The molecular formula is C23H13Cl2NO5. The third kappa shape index (κ3) is 4.60. The molecule has 0 aliphatic heterocycles. The average molecular weight is 454 g/mol. The van der Waals surface area contributed by atoms with Crippen LogP contribution < -0.4 is 0 Å². The maximum Gasteiger partial charge on any atom is 0.269 e. The molecule has 0 aliphatic rings. The summed E-state index contributed by atoms with van der Waals surface area (Å²) < 4.78 is 11.3. The van der Waals surface area contributed by atoms with E-state index < -0.39 is 4.92 Å². The zero-order valence-electron chi connectivity index (χ0n) is 15.7. The van der Waals surface area contributed by atoms with Gasteiger partial charge in [0.2, 0.25) is 5.78 Å². The van der Waals surface area contributed by atoms with Crippen LogP contribution in [0.4, 0.5) is 5.69 Å². The van der Waals surface area contributed by atoms with Gasteiger partial charge in [-0.15, -0.1) is 0 Å². The van der Waals surface area contributed by atoms with E-state index in [2.05, 4.69) is 0 Å². The van der Waals surface area contributed by atoms with E-state index in [1.54, 1.807) is 54.6 Å². The van der Waals surface area contributed by atoms with Crippen LogP contribution in [0.3, 0.4) is 0 Å². The summed E-state index contributed by atoms with van der Waals surface area (Å²) in [4.78, 5) is 22.7. The highest BCUT2D eigenvalue weighted by Crippen LogP contribution is 2.32. The van der Waals surface area contributed by atoms with Gasteiger partial charge in [0.1, 0.15) is 17.3 Å². The molecule has 0 saturated carbocycles. The van der Waals surface area contributed by atoms with E-state index in [1.165, 1.54) is 24.3 Å². The van der Waals surface area contributed by atoms with Gasteiger partial charge in [-0.3, -0.25) is 14.9 Å². The smallest absolute Gasteiger partial charge is 0.269 e. The summed E-state index contributed by atoms with van der Waals surface area (Å²) in [6.45, 7) is 0. The van der Waals surface area contributed by atoms with Crippen LogP contribution in [-0.2, 0) is 0 Å². The van der Waals surface area contributed by atoms with Crippen molar-refractivity contribution in [3.05, 3.63) is 104 Å². The maximum absolute atomic E-state index is 12.4. The van der Waals surface area contributed by atoms with Crippen molar-refractivity contribution in [1.82, 2.24) is 0 Å². The maximum atomic E-state index is 12.4. The largest absolute Gasteiger partial charge is 0.457 e. The van der Waals surface area contributed by atoms with Crippen molar-refractivity contribution in [3.8, 4) is 22.6 Å². The molecule has 0 bridgehead atoms. The Kier molecular flexibility index (Phi) is 5.75. The van der Waals surface area contributed by atoms with Gasteiger partial charge in [-0.25, -0.2) is 0 Å². The number of rotatable bonds is 6.